The van der Waals surface area contributed by atoms with Crippen LogP contribution in [0.5, 0.6) is 17.2 Å². The molecule has 0 aliphatic heterocycles. The third kappa shape index (κ3) is 6.75. The summed E-state index contributed by atoms with van der Waals surface area (Å²) < 4.78 is 88.2. The normalized spacial score (nSPS) is 15.8. The van der Waals surface area contributed by atoms with Crippen molar-refractivity contribution in [2.24, 2.45) is 5.92 Å². The Bertz CT molecular complexity index is 1260. The highest BCUT2D eigenvalue weighted by molar-refractivity contribution is 7.85. The lowest BCUT2D eigenvalue weighted by Crippen LogP contribution is -2.38. The number of aryl methyl sites for hydroxylation is 1. The van der Waals surface area contributed by atoms with Gasteiger partial charge in [0.1, 0.15) is 11.4 Å². The first kappa shape index (κ1) is 28.8. The summed E-state index contributed by atoms with van der Waals surface area (Å²) in [5, 5.41) is 0. The van der Waals surface area contributed by atoms with Crippen LogP contribution < -0.4 is 14.2 Å². The van der Waals surface area contributed by atoms with E-state index in [4.69, 9.17) is 9.47 Å². The molecule has 0 heterocycles. The molecule has 1 N–H and O–H groups in total. The number of carbonyl (C=O) groups is 1. The maximum atomic E-state index is 13.1. The van der Waals surface area contributed by atoms with E-state index in [2.05, 4.69) is 4.74 Å². The van der Waals surface area contributed by atoms with E-state index in [1.54, 1.807) is 13.8 Å². The molecule has 2 aromatic rings. The number of rotatable bonds is 8. The maximum absolute atomic E-state index is 13.1. The van der Waals surface area contributed by atoms with Crippen molar-refractivity contribution in [1.29, 1.82) is 0 Å². The highest BCUT2D eigenvalue weighted by Crippen LogP contribution is 2.44. The minimum atomic E-state index is -4.96. The van der Waals surface area contributed by atoms with E-state index in [0.29, 0.717) is 12.8 Å². The van der Waals surface area contributed by atoms with Crippen LogP contribution in [0.3, 0.4) is 0 Å². The third-order valence-corrected chi connectivity index (χ3v) is 7.54. The van der Waals surface area contributed by atoms with Crippen molar-refractivity contribution in [3.05, 3.63) is 47.0 Å². The first-order valence-electron chi connectivity index (χ1n) is 12.0. The lowest BCUT2D eigenvalue weighted by Gasteiger charge is -2.35. The molecule has 7 nitrogen and oxygen atoms in total. The standard InChI is InChI=1S/C26H31F3O7S/c1-15(2)19-14-21(17(5)12-23(19)37(31,32)33)34-24(30)18-8-9-20(36-26(27,28)29)22(13-18)35-25(16(3)4)10-6-7-11-25/h8-9,12-16H,6-7,10-11H2,1-5H3,(H,31,32,33). The van der Waals surface area contributed by atoms with Gasteiger partial charge in [0.15, 0.2) is 11.5 Å². The SMILES string of the molecule is Cc1cc(S(=O)(=O)O)c(C(C)C)cc1OC(=O)c1ccc(OC(F)(F)F)c(OC2(C(C)C)CCCC2)c1. The van der Waals surface area contributed by atoms with Gasteiger partial charge in [-0.25, -0.2) is 4.79 Å². The topological polar surface area (TPSA) is 99.1 Å². The van der Waals surface area contributed by atoms with Gasteiger partial charge in [-0.3, -0.25) is 4.55 Å². The highest BCUT2D eigenvalue weighted by Gasteiger charge is 2.41. The third-order valence-electron chi connectivity index (χ3n) is 6.63. The second-order valence-electron chi connectivity index (χ2n) is 9.91. The summed E-state index contributed by atoms with van der Waals surface area (Å²) >= 11 is 0. The van der Waals surface area contributed by atoms with E-state index in [0.717, 1.165) is 31.0 Å². The van der Waals surface area contributed by atoms with Crippen molar-refractivity contribution in [2.75, 3.05) is 0 Å². The van der Waals surface area contributed by atoms with Crippen molar-refractivity contribution < 1.29 is 45.1 Å². The molecule has 1 fully saturated rings. The average Bonchev–Trinajstić information content (AvgIpc) is 3.24. The van der Waals surface area contributed by atoms with Gasteiger partial charge in [0.05, 0.1) is 10.5 Å². The molecule has 0 saturated heterocycles. The number of hydrogen-bond acceptors (Lipinski definition) is 6. The summed E-state index contributed by atoms with van der Waals surface area (Å²) in [5.41, 5.74) is -0.260. The van der Waals surface area contributed by atoms with E-state index < -0.39 is 33.8 Å². The summed E-state index contributed by atoms with van der Waals surface area (Å²) in [5.74, 6) is -1.94. The van der Waals surface area contributed by atoms with Crippen LogP contribution in [0.4, 0.5) is 13.2 Å². The van der Waals surface area contributed by atoms with Gasteiger partial charge >= 0.3 is 12.3 Å². The molecule has 37 heavy (non-hydrogen) atoms. The van der Waals surface area contributed by atoms with Crippen molar-refractivity contribution in [3.8, 4) is 17.2 Å². The molecule has 2 aromatic carbocycles. The van der Waals surface area contributed by atoms with Crippen molar-refractivity contribution in [1.82, 2.24) is 0 Å². The van der Waals surface area contributed by atoms with Crippen molar-refractivity contribution in [3.63, 3.8) is 0 Å². The van der Waals surface area contributed by atoms with Gasteiger partial charge in [0.25, 0.3) is 10.1 Å². The predicted octanol–water partition coefficient (Wildman–Crippen LogP) is 6.83. The molecule has 0 atom stereocenters. The van der Waals surface area contributed by atoms with E-state index in [-0.39, 0.29) is 44.9 Å². The molecule has 0 spiro atoms. The van der Waals surface area contributed by atoms with Gasteiger partial charge in [-0.1, -0.05) is 27.7 Å². The molecule has 204 valence electrons. The fourth-order valence-corrected chi connectivity index (χ4v) is 5.45. The zero-order chi connectivity index (χ0) is 27.8. The Hall–Kier alpha value is -2.79. The van der Waals surface area contributed by atoms with E-state index >= 15 is 0 Å². The van der Waals surface area contributed by atoms with Gasteiger partial charge in [-0.2, -0.15) is 8.42 Å². The Morgan fingerprint density at radius 1 is 1.00 bits per heavy atom. The zero-order valence-electron chi connectivity index (χ0n) is 21.3. The van der Waals surface area contributed by atoms with Crippen LogP contribution in [0.25, 0.3) is 0 Å². The summed E-state index contributed by atoms with van der Waals surface area (Å²) in [6.07, 6.45) is -1.91. The molecule has 1 saturated carbocycles. The van der Waals surface area contributed by atoms with Crippen LogP contribution >= 0.6 is 0 Å². The molecule has 3 rings (SSSR count). The first-order chi connectivity index (χ1) is 17.0. The fraction of sp³-hybridized carbons (Fsp3) is 0.500. The van der Waals surface area contributed by atoms with Gasteiger partial charge in [-0.05, 0) is 85.9 Å². The van der Waals surface area contributed by atoms with Gasteiger partial charge in [0, 0.05) is 0 Å². The Kier molecular flexibility index (Phi) is 8.19. The average molecular weight is 545 g/mol. The van der Waals surface area contributed by atoms with Crippen LogP contribution in [0.1, 0.15) is 80.8 Å². The molecule has 1 aliphatic rings. The Balaban J connectivity index is 1.99. The Morgan fingerprint density at radius 3 is 2.14 bits per heavy atom. The summed E-state index contributed by atoms with van der Waals surface area (Å²) in [4.78, 5) is 12.7. The van der Waals surface area contributed by atoms with Crippen LogP contribution in [0, 0.1) is 12.8 Å². The van der Waals surface area contributed by atoms with E-state index in [1.165, 1.54) is 19.1 Å². The number of ether oxygens (including phenoxy) is 3. The van der Waals surface area contributed by atoms with Crippen molar-refractivity contribution >= 4 is 16.1 Å². The fourth-order valence-electron chi connectivity index (χ4n) is 4.53. The van der Waals surface area contributed by atoms with E-state index in [1.807, 2.05) is 13.8 Å². The number of esters is 1. The smallest absolute Gasteiger partial charge is 0.483 e. The Morgan fingerprint density at radius 2 is 1.62 bits per heavy atom. The van der Waals surface area contributed by atoms with E-state index in [9.17, 15) is 30.9 Å². The predicted molar refractivity (Wildman–Crippen MR) is 130 cm³/mol. The summed E-state index contributed by atoms with van der Waals surface area (Å²) in [7, 11) is -4.51. The van der Waals surface area contributed by atoms with Crippen LogP contribution in [0.15, 0.2) is 35.2 Å². The molecular weight excluding hydrogens is 513 g/mol. The van der Waals surface area contributed by atoms with Gasteiger partial charge in [0.2, 0.25) is 0 Å². The number of halogens is 3. The van der Waals surface area contributed by atoms with Crippen LogP contribution in [0.2, 0.25) is 0 Å². The molecule has 11 heteroatoms. The number of benzene rings is 2. The first-order valence-corrected chi connectivity index (χ1v) is 13.4. The molecule has 0 bridgehead atoms. The number of alkyl halides is 3. The highest BCUT2D eigenvalue weighted by atomic mass is 32.2. The Labute approximate surface area is 214 Å². The minimum absolute atomic E-state index is 0.00256. The molecule has 0 aromatic heterocycles. The summed E-state index contributed by atoms with van der Waals surface area (Å²) in [6, 6.07) is 5.87. The number of hydrogen-bond donors (Lipinski definition) is 1. The molecular formula is C26H31F3O7S. The summed E-state index contributed by atoms with van der Waals surface area (Å²) in [6.45, 7) is 8.78. The van der Waals surface area contributed by atoms with Crippen LogP contribution in [-0.2, 0) is 10.1 Å². The zero-order valence-corrected chi connectivity index (χ0v) is 22.1. The largest absolute Gasteiger partial charge is 0.573 e. The maximum Gasteiger partial charge on any atom is 0.573 e. The monoisotopic (exact) mass is 544 g/mol. The lowest BCUT2D eigenvalue weighted by molar-refractivity contribution is -0.275. The molecule has 0 unspecified atom stereocenters. The minimum Gasteiger partial charge on any atom is -0.483 e. The molecule has 1 aliphatic carbocycles. The number of carbonyl (C=O) groups excluding carboxylic acids is 1. The second kappa shape index (κ2) is 10.5. The van der Waals surface area contributed by atoms with Crippen molar-refractivity contribution in [2.45, 2.75) is 83.1 Å². The molecule has 0 amide bonds. The van der Waals surface area contributed by atoms with Gasteiger partial charge in [-0.15, -0.1) is 13.2 Å². The lowest BCUT2D eigenvalue weighted by atomic mass is 9.88. The van der Waals surface area contributed by atoms with Crippen LogP contribution in [-0.4, -0.2) is 30.9 Å². The molecule has 0 radical (unpaired) electrons. The van der Waals surface area contributed by atoms with Gasteiger partial charge < -0.3 is 14.2 Å². The second-order valence-corrected chi connectivity index (χ2v) is 11.3. The quantitative estimate of drug-likeness (QED) is 0.221.